The lowest BCUT2D eigenvalue weighted by atomic mass is 9.99. The number of likely N-dealkylation sites (N-methyl/N-ethyl adjacent to an activating group) is 1. The van der Waals surface area contributed by atoms with Gasteiger partial charge >= 0.3 is 0 Å². The Balaban J connectivity index is 2.26. The third-order valence-corrected chi connectivity index (χ3v) is 4.41. The smallest absolute Gasteiger partial charge is 0.0624 e. The van der Waals surface area contributed by atoms with Crippen LogP contribution in [0.25, 0.3) is 0 Å². The Kier molecular flexibility index (Phi) is 5.28. The van der Waals surface area contributed by atoms with E-state index in [2.05, 4.69) is 33.4 Å². The van der Waals surface area contributed by atoms with Gasteiger partial charge in [0.05, 0.1) is 10.0 Å². The molecule has 0 aliphatic heterocycles. The Hall–Kier alpha value is -0.540. The molecule has 0 fully saturated rings. The average molecular weight is 359 g/mol. The molecule has 100 valence electrons. The number of hydrogen-bond acceptors (Lipinski definition) is 1. The van der Waals surface area contributed by atoms with Crippen molar-refractivity contribution >= 4 is 39.1 Å². The molecule has 1 nitrogen and oxygen atoms in total. The Labute approximate surface area is 132 Å². The van der Waals surface area contributed by atoms with Crippen LogP contribution in [0.3, 0.4) is 0 Å². The summed E-state index contributed by atoms with van der Waals surface area (Å²) < 4.78 is 1.07. The molecule has 1 N–H and O–H groups in total. The number of nitrogens with one attached hydrogen (secondary N) is 1. The van der Waals surface area contributed by atoms with Crippen LogP contribution in [-0.4, -0.2) is 7.05 Å². The third kappa shape index (κ3) is 3.73. The molecule has 0 amide bonds. The summed E-state index contributed by atoms with van der Waals surface area (Å²) in [5, 5.41) is 4.56. The van der Waals surface area contributed by atoms with E-state index in [0.29, 0.717) is 10.0 Å². The largest absolute Gasteiger partial charge is 0.313 e. The Morgan fingerprint density at radius 2 is 1.89 bits per heavy atom. The molecule has 2 aromatic carbocycles. The lowest BCUT2D eigenvalue weighted by Crippen LogP contribution is -2.19. The Bertz CT molecular complexity index is 572. The highest BCUT2D eigenvalue weighted by Crippen LogP contribution is 2.29. The van der Waals surface area contributed by atoms with Crippen LogP contribution in [0.15, 0.2) is 46.9 Å². The summed E-state index contributed by atoms with van der Waals surface area (Å²) in [7, 11) is 1.95. The van der Waals surface area contributed by atoms with E-state index in [4.69, 9.17) is 23.2 Å². The molecule has 2 rings (SSSR count). The molecule has 19 heavy (non-hydrogen) atoms. The van der Waals surface area contributed by atoms with Gasteiger partial charge in [-0.25, -0.2) is 0 Å². The van der Waals surface area contributed by atoms with Crippen LogP contribution in [0.1, 0.15) is 17.2 Å². The number of halogens is 3. The second-order valence-electron chi connectivity index (χ2n) is 4.31. The maximum absolute atomic E-state index is 6.24. The third-order valence-electron chi connectivity index (χ3n) is 3.06. The summed E-state index contributed by atoms with van der Waals surface area (Å²) in [5.74, 6) is 0. The van der Waals surface area contributed by atoms with Gasteiger partial charge in [-0.1, -0.05) is 63.4 Å². The van der Waals surface area contributed by atoms with E-state index in [-0.39, 0.29) is 6.04 Å². The summed E-state index contributed by atoms with van der Waals surface area (Å²) in [5.41, 5.74) is 2.27. The molecule has 4 heteroatoms. The number of rotatable bonds is 4. The molecule has 0 aliphatic carbocycles. The molecule has 0 heterocycles. The lowest BCUT2D eigenvalue weighted by Gasteiger charge is -2.18. The first-order valence-corrected chi connectivity index (χ1v) is 7.52. The van der Waals surface area contributed by atoms with Crippen LogP contribution in [0, 0.1) is 0 Å². The second kappa shape index (κ2) is 6.76. The Morgan fingerprint density at radius 1 is 1.16 bits per heavy atom. The van der Waals surface area contributed by atoms with E-state index in [0.717, 1.165) is 16.5 Å². The van der Waals surface area contributed by atoms with Crippen molar-refractivity contribution in [2.24, 2.45) is 0 Å². The highest BCUT2D eigenvalue weighted by Gasteiger charge is 2.13. The van der Waals surface area contributed by atoms with Crippen LogP contribution in [-0.2, 0) is 6.42 Å². The summed E-state index contributed by atoms with van der Waals surface area (Å²) in [6, 6.07) is 14.2. The van der Waals surface area contributed by atoms with E-state index in [1.165, 1.54) is 5.56 Å². The average Bonchev–Trinajstić information content (AvgIpc) is 2.40. The van der Waals surface area contributed by atoms with Gasteiger partial charge in [-0.05, 0) is 42.8 Å². The molecule has 0 spiro atoms. The molecular formula is C15H14BrCl2N. The molecule has 0 aliphatic rings. The summed E-state index contributed by atoms with van der Waals surface area (Å²) in [6.45, 7) is 0. The predicted octanol–water partition coefficient (Wildman–Crippen LogP) is 5.26. The zero-order valence-electron chi connectivity index (χ0n) is 10.5. The molecular weight excluding hydrogens is 345 g/mol. The van der Waals surface area contributed by atoms with Crippen LogP contribution in [0.2, 0.25) is 10.0 Å². The highest BCUT2D eigenvalue weighted by molar-refractivity contribution is 9.10. The van der Waals surface area contributed by atoms with E-state index in [1.807, 2.05) is 31.3 Å². The van der Waals surface area contributed by atoms with Gasteiger partial charge in [0.2, 0.25) is 0 Å². The monoisotopic (exact) mass is 357 g/mol. The van der Waals surface area contributed by atoms with Crippen LogP contribution in [0.4, 0.5) is 0 Å². The summed E-state index contributed by atoms with van der Waals surface area (Å²) in [6.07, 6.45) is 0.798. The molecule has 0 saturated heterocycles. The molecule has 1 atom stereocenters. The van der Waals surface area contributed by atoms with Gasteiger partial charge < -0.3 is 5.32 Å². The topological polar surface area (TPSA) is 12.0 Å². The second-order valence-corrected chi connectivity index (χ2v) is 6.01. The molecule has 2 aromatic rings. The quantitative estimate of drug-likeness (QED) is 0.786. The summed E-state index contributed by atoms with van der Waals surface area (Å²) in [4.78, 5) is 0. The maximum Gasteiger partial charge on any atom is 0.0624 e. The van der Waals surface area contributed by atoms with Gasteiger partial charge in [-0.3, -0.25) is 0 Å². The number of benzene rings is 2. The fourth-order valence-corrected chi connectivity index (χ4v) is 2.85. The molecule has 0 saturated carbocycles. The first-order chi connectivity index (χ1) is 9.11. The standard InChI is InChI=1S/C15H14BrCl2N/c1-19-14(10-4-2-6-12(16)8-10)9-11-5-3-7-13(17)15(11)18/h2-8,14,19H,9H2,1H3. The van der Waals surface area contributed by atoms with Gasteiger partial charge in [0.25, 0.3) is 0 Å². The van der Waals surface area contributed by atoms with Crippen molar-refractivity contribution in [2.75, 3.05) is 7.05 Å². The summed E-state index contributed by atoms with van der Waals surface area (Å²) >= 11 is 15.8. The fourth-order valence-electron chi connectivity index (χ4n) is 2.04. The van der Waals surface area contributed by atoms with Crippen molar-refractivity contribution in [3.63, 3.8) is 0 Å². The molecule has 0 bridgehead atoms. The first kappa shape index (κ1) is 14.9. The van der Waals surface area contributed by atoms with E-state index < -0.39 is 0 Å². The lowest BCUT2D eigenvalue weighted by molar-refractivity contribution is 0.592. The normalized spacial score (nSPS) is 12.4. The SMILES string of the molecule is CNC(Cc1cccc(Cl)c1Cl)c1cccc(Br)c1. The molecule has 0 aromatic heterocycles. The van der Waals surface area contributed by atoms with Crippen molar-refractivity contribution in [1.29, 1.82) is 0 Å². The van der Waals surface area contributed by atoms with Crippen molar-refractivity contribution in [3.05, 3.63) is 68.1 Å². The van der Waals surface area contributed by atoms with Gasteiger partial charge in [-0.2, -0.15) is 0 Å². The van der Waals surface area contributed by atoms with Gasteiger partial charge in [0.15, 0.2) is 0 Å². The zero-order valence-corrected chi connectivity index (χ0v) is 13.6. The van der Waals surface area contributed by atoms with Gasteiger partial charge in [0, 0.05) is 10.5 Å². The van der Waals surface area contributed by atoms with Crippen molar-refractivity contribution in [1.82, 2.24) is 5.32 Å². The van der Waals surface area contributed by atoms with E-state index in [9.17, 15) is 0 Å². The predicted molar refractivity (Wildman–Crippen MR) is 86.1 cm³/mol. The van der Waals surface area contributed by atoms with Gasteiger partial charge in [-0.15, -0.1) is 0 Å². The minimum absolute atomic E-state index is 0.202. The van der Waals surface area contributed by atoms with Crippen molar-refractivity contribution in [3.8, 4) is 0 Å². The van der Waals surface area contributed by atoms with E-state index >= 15 is 0 Å². The first-order valence-electron chi connectivity index (χ1n) is 5.97. The Morgan fingerprint density at radius 3 is 2.58 bits per heavy atom. The minimum atomic E-state index is 0.202. The van der Waals surface area contributed by atoms with Crippen molar-refractivity contribution in [2.45, 2.75) is 12.5 Å². The fraction of sp³-hybridized carbons (Fsp3) is 0.200. The van der Waals surface area contributed by atoms with Crippen LogP contribution >= 0.6 is 39.1 Å². The van der Waals surface area contributed by atoms with E-state index in [1.54, 1.807) is 6.07 Å². The zero-order chi connectivity index (χ0) is 13.8. The van der Waals surface area contributed by atoms with Crippen molar-refractivity contribution < 1.29 is 0 Å². The van der Waals surface area contributed by atoms with Crippen LogP contribution < -0.4 is 5.32 Å². The minimum Gasteiger partial charge on any atom is -0.313 e. The van der Waals surface area contributed by atoms with Crippen LogP contribution in [0.5, 0.6) is 0 Å². The highest BCUT2D eigenvalue weighted by atomic mass is 79.9. The maximum atomic E-state index is 6.24. The molecule has 0 radical (unpaired) electrons. The van der Waals surface area contributed by atoms with Gasteiger partial charge in [0.1, 0.15) is 0 Å². The molecule has 1 unspecified atom stereocenters. The number of hydrogen-bond donors (Lipinski definition) is 1.